The molecular formula is C16H19ClN2O2S. The van der Waals surface area contributed by atoms with Gasteiger partial charge < -0.3 is 9.64 Å². The van der Waals surface area contributed by atoms with Gasteiger partial charge in [0.15, 0.2) is 0 Å². The zero-order valence-electron chi connectivity index (χ0n) is 12.5. The van der Waals surface area contributed by atoms with Crippen molar-refractivity contribution in [3.8, 4) is 0 Å². The number of thiophene rings is 1. The molecule has 1 aromatic carbocycles. The molecule has 4 nitrogen and oxygen atoms in total. The summed E-state index contributed by atoms with van der Waals surface area (Å²) >= 11 is 8.26. The maximum atomic E-state index is 11.8. The Labute approximate surface area is 139 Å². The number of piperazine rings is 1. The monoisotopic (exact) mass is 338 g/mol. The molecule has 1 aliphatic heterocycles. The molecule has 0 atom stereocenters. The third-order valence-electron chi connectivity index (χ3n) is 3.96. The van der Waals surface area contributed by atoms with Crippen molar-refractivity contribution >= 4 is 38.9 Å². The lowest BCUT2D eigenvalue weighted by molar-refractivity contribution is -0.136. The van der Waals surface area contributed by atoms with Crippen LogP contribution < -0.4 is 0 Å². The van der Waals surface area contributed by atoms with Gasteiger partial charge in [0, 0.05) is 54.8 Å². The van der Waals surface area contributed by atoms with Gasteiger partial charge in [0.05, 0.1) is 5.02 Å². The van der Waals surface area contributed by atoms with Crippen LogP contribution in [-0.4, -0.2) is 55.6 Å². The Kier molecular flexibility index (Phi) is 4.98. The van der Waals surface area contributed by atoms with Gasteiger partial charge in [-0.15, -0.1) is 11.3 Å². The number of methoxy groups -OCH3 is 1. The van der Waals surface area contributed by atoms with E-state index < -0.39 is 0 Å². The minimum atomic E-state index is 0.0713. The average Bonchev–Trinajstić information content (AvgIpc) is 2.85. The van der Waals surface area contributed by atoms with Gasteiger partial charge in [0.25, 0.3) is 0 Å². The molecule has 0 radical (unpaired) electrons. The van der Waals surface area contributed by atoms with Crippen LogP contribution >= 0.6 is 22.9 Å². The number of rotatable bonds is 4. The Morgan fingerprint density at radius 2 is 2.00 bits per heavy atom. The maximum absolute atomic E-state index is 11.8. The summed E-state index contributed by atoms with van der Waals surface area (Å²) < 4.78 is 6.14. The molecule has 0 spiro atoms. The van der Waals surface area contributed by atoms with E-state index in [4.69, 9.17) is 16.3 Å². The summed E-state index contributed by atoms with van der Waals surface area (Å²) in [7, 11) is 1.55. The van der Waals surface area contributed by atoms with E-state index in [2.05, 4.69) is 17.0 Å². The largest absolute Gasteiger partial charge is 0.375 e. The fraction of sp³-hybridized carbons (Fsp3) is 0.438. The van der Waals surface area contributed by atoms with E-state index in [1.54, 1.807) is 18.4 Å². The van der Waals surface area contributed by atoms with E-state index in [1.165, 1.54) is 9.58 Å². The number of carbonyl (C=O) groups is 1. The standard InChI is InChI=1S/C16H19ClN2O2S/c1-21-11-15(20)19-8-6-18(7-9-19)10-14-16(17)12-4-2-3-5-13(12)22-14/h2-5H,6-11H2,1H3. The first-order valence-electron chi connectivity index (χ1n) is 7.34. The van der Waals surface area contributed by atoms with Gasteiger partial charge in [-0.1, -0.05) is 29.8 Å². The molecular weight excluding hydrogens is 320 g/mol. The van der Waals surface area contributed by atoms with E-state index in [-0.39, 0.29) is 12.5 Å². The molecule has 1 saturated heterocycles. The first-order chi connectivity index (χ1) is 10.7. The van der Waals surface area contributed by atoms with Crippen LogP contribution in [-0.2, 0) is 16.1 Å². The van der Waals surface area contributed by atoms with Crippen molar-refractivity contribution in [3.05, 3.63) is 34.2 Å². The van der Waals surface area contributed by atoms with E-state index in [0.717, 1.165) is 43.1 Å². The zero-order chi connectivity index (χ0) is 15.5. The molecule has 2 heterocycles. The van der Waals surface area contributed by atoms with Crippen LogP contribution in [0.4, 0.5) is 0 Å². The molecule has 2 aromatic rings. The Bertz CT molecular complexity index is 665. The number of hydrogen-bond acceptors (Lipinski definition) is 4. The number of benzene rings is 1. The predicted octanol–water partition coefficient (Wildman–Crippen LogP) is 2.85. The lowest BCUT2D eigenvalue weighted by atomic mass is 10.2. The molecule has 118 valence electrons. The molecule has 22 heavy (non-hydrogen) atoms. The molecule has 1 aromatic heterocycles. The van der Waals surface area contributed by atoms with Crippen molar-refractivity contribution in [2.45, 2.75) is 6.54 Å². The fourth-order valence-corrected chi connectivity index (χ4v) is 4.27. The lowest BCUT2D eigenvalue weighted by Crippen LogP contribution is -2.49. The maximum Gasteiger partial charge on any atom is 0.248 e. The summed E-state index contributed by atoms with van der Waals surface area (Å²) in [4.78, 5) is 17.2. The minimum absolute atomic E-state index is 0.0713. The average molecular weight is 339 g/mol. The van der Waals surface area contributed by atoms with Gasteiger partial charge in [0.1, 0.15) is 6.61 Å². The van der Waals surface area contributed by atoms with Crippen molar-refractivity contribution in [3.63, 3.8) is 0 Å². The van der Waals surface area contributed by atoms with Crippen molar-refractivity contribution in [1.82, 2.24) is 9.80 Å². The van der Waals surface area contributed by atoms with Crippen LogP contribution in [0.2, 0.25) is 5.02 Å². The molecule has 1 aliphatic rings. The number of fused-ring (bicyclic) bond motifs is 1. The van der Waals surface area contributed by atoms with E-state index in [1.807, 2.05) is 17.0 Å². The third-order valence-corrected chi connectivity index (χ3v) is 5.66. The van der Waals surface area contributed by atoms with Crippen molar-refractivity contribution in [1.29, 1.82) is 0 Å². The van der Waals surface area contributed by atoms with Gasteiger partial charge in [-0.05, 0) is 6.07 Å². The summed E-state index contributed by atoms with van der Waals surface area (Å²) in [6.07, 6.45) is 0. The van der Waals surface area contributed by atoms with E-state index in [0.29, 0.717) is 0 Å². The number of halogens is 1. The third kappa shape index (κ3) is 3.27. The van der Waals surface area contributed by atoms with Crippen molar-refractivity contribution in [2.24, 2.45) is 0 Å². The number of amides is 1. The lowest BCUT2D eigenvalue weighted by Gasteiger charge is -2.34. The Morgan fingerprint density at radius 1 is 1.27 bits per heavy atom. The molecule has 0 aliphatic carbocycles. The quantitative estimate of drug-likeness (QED) is 0.859. The molecule has 0 N–H and O–H groups in total. The molecule has 6 heteroatoms. The summed E-state index contributed by atoms with van der Waals surface area (Å²) in [5.74, 6) is 0.0713. The van der Waals surface area contributed by atoms with Gasteiger partial charge in [0.2, 0.25) is 5.91 Å². The predicted molar refractivity (Wildman–Crippen MR) is 90.6 cm³/mol. The van der Waals surface area contributed by atoms with E-state index >= 15 is 0 Å². The highest BCUT2D eigenvalue weighted by atomic mass is 35.5. The van der Waals surface area contributed by atoms with Crippen LogP contribution in [0.3, 0.4) is 0 Å². The molecule has 0 bridgehead atoms. The highest BCUT2D eigenvalue weighted by molar-refractivity contribution is 7.19. The van der Waals surface area contributed by atoms with Crippen LogP contribution in [0.25, 0.3) is 10.1 Å². The van der Waals surface area contributed by atoms with Crippen LogP contribution in [0.5, 0.6) is 0 Å². The number of nitrogens with zero attached hydrogens (tertiary/aromatic N) is 2. The first kappa shape index (κ1) is 15.7. The minimum Gasteiger partial charge on any atom is -0.375 e. The molecule has 1 fully saturated rings. The van der Waals surface area contributed by atoms with Crippen LogP contribution in [0, 0.1) is 0 Å². The highest BCUT2D eigenvalue weighted by Crippen LogP contribution is 2.35. The molecule has 0 saturated carbocycles. The molecule has 3 rings (SSSR count). The number of carbonyl (C=O) groups excluding carboxylic acids is 1. The fourth-order valence-electron chi connectivity index (χ4n) is 2.74. The Morgan fingerprint density at radius 3 is 2.68 bits per heavy atom. The number of hydrogen-bond donors (Lipinski definition) is 0. The van der Waals surface area contributed by atoms with Gasteiger partial charge in [-0.3, -0.25) is 9.69 Å². The number of ether oxygens (including phenoxy) is 1. The highest BCUT2D eigenvalue weighted by Gasteiger charge is 2.22. The van der Waals surface area contributed by atoms with Gasteiger partial charge in [-0.25, -0.2) is 0 Å². The summed E-state index contributed by atoms with van der Waals surface area (Å²) in [5, 5.41) is 2.01. The van der Waals surface area contributed by atoms with Crippen molar-refractivity contribution < 1.29 is 9.53 Å². The van der Waals surface area contributed by atoms with Crippen LogP contribution in [0.15, 0.2) is 24.3 Å². The normalized spacial score (nSPS) is 16.4. The van der Waals surface area contributed by atoms with Crippen molar-refractivity contribution in [2.75, 3.05) is 39.9 Å². The summed E-state index contributed by atoms with van der Waals surface area (Å²) in [6.45, 7) is 4.28. The molecule has 1 amide bonds. The summed E-state index contributed by atoms with van der Waals surface area (Å²) in [5.41, 5.74) is 0. The zero-order valence-corrected chi connectivity index (χ0v) is 14.1. The smallest absolute Gasteiger partial charge is 0.248 e. The Balaban J connectivity index is 1.62. The SMILES string of the molecule is COCC(=O)N1CCN(Cc2sc3ccccc3c2Cl)CC1. The summed E-state index contributed by atoms with van der Waals surface area (Å²) in [6, 6.07) is 8.24. The topological polar surface area (TPSA) is 32.8 Å². The second-order valence-corrected chi connectivity index (χ2v) is 6.94. The van der Waals surface area contributed by atoms with E-state index in [9.17, 15) is 4.79 Å². The Hall–Kier alpha value is -1.14. The second-order valence-electron chi connectivity index (χ2n) is 5.43. The second kappa shape index (κ2) is 6.96. The van der Waals surface area contributed by atoms with Crippen LogP contribution in [0.1, 0.15) is 4.88 Å². The molecule has 0 unspecified atom stereocenters. The first-order valence-corrected chi connectivity index (χ1v) is 8.53. The van der Waals surface area contributed by atoms with Gasteiger partial charge in [-0.2, -0.15) is 0 Å². The van der Waals surface area contributed by atoms with Gasteiger partial charge >= 0.3 is 0 Å².